The van der Waals surface area contributed by atoms with Crippen LogP contribution in [0.3, 0.4) is 0 Å². The van der Waals surface area contributed by atoms with E-state index in [-0.39, 0.29) is 30.3 Å². The normalized spacial score (nSPS) is 17.2. The van der Waals surface area contributed by atoms with E-state index in [1.54, 1.807) is 42.3 Å². The molecule has 2 aliphatic heterocycles. The van der Waals surface area contributed by atoms with Gasteiger partial charge in [0.15, 0.2) is 11.6 Å². The number of amides is 1. The summed E-state index contributed by atoms with van der Waals surface area (Å²) in [6, 6.07) is 14.3. The summed E-state index contributed by atoms with van der Waals surface area (Å²) in [6.07, 6.45) is 1.91. The maximum absolute atomic E-state index is 12.7. The zero-order chi connectivity index (χ0) is 21.1. The Labute approximate surface area is 175 Å². The van der Waals surface area contributed by atoms with Crippen molar-refractivity contribution < 1.29 is 23.9 Å². The fraction of sp³-hybridized carbons (Fsp3) is 0.375. The lowest BCUT2D eigenvalue weighted by atomic mass is 9.82. The van der Waals surface area contributed by atoms with Gasteiger partial charge in [-0.15, -0.1) is 0 Å². The number of carbonyl (C=O) groups excluding carboxylic acids is 3. The highest BCUT2D eigenvalue weighted by Crippen LogP contribution is 2.40. The van der Waals surface area contributed by atoms with Gasteiger partial charge in [-0.2, -0.15) is 0 Å². The van der Waals surface area contributed by atoms with Gasteiger partial charge in [0.25, 0.3) is 0 Å². The van der Waals surface area contributed by atoms with E-state index in [1.165, 1.54) is 0 Å². The number of hydrogen-bond donors (Lipinski definition) is 0. The number of rotatable bonds is 5. The molecule has 0 bridgehead atoms. The molecule has 0 radical (unpaired) electrons. The first-order valence-corrected chi connectivity index (χ1v) is 10.3. The number of fused-ring (bicyclic) bond motifs is 1. The average molecular weight is 407 g/mol. The van der Waals surface area contributed by atoms with Crippen LogP contribution in [0.2, 0.25) is 0 Å². The van der Waals surface area contributed by atoms with Gasteiger partial charge in [0, 0.05) is 44.3 Å². The van der Waals surface area contributed by atoms with Crippen LogP contribution in [0.15, 0.2) is 48.5 Å². The number of carbonyl (C=O) groups is 3. The summed E-state index contributed by atoms with van der Waals surface area (Å²) in [5, 5.41) is 0. The monoisotopic (exact) mass is 407 g/mol. The van der Waals surface area contributed by atoms with Crippen LogP contribution < -0.4 is 9.47 Å². The van der Waals surface area contributed by atoms with E-state index in [0.29, 0.717) is 55.0 Å². The summed E-state index contributed by atoms with van der Waals surface area (Å²) < 4.78 is 11.4. The van der Waals surface area contributed by atoms with Crippen molar-refractivity contribution in [3.05, 3.63) is 59.7 Å². The second kappa shape index (κ2) is 8.30. The summed E-state index contributed by atoms with van der Waals surface area (Å²) in [7, 11) is 1.57. The van der Waals surface area contributed by atoms with Crippen LogP contribution in [0.1, 0.15) is 52.8 Å². The Hall–Kier alpha value is -3.15. The van der Waals surface area contributed by atoms with Crippen molar-refractivity contribution in [1.29, 1.82) is 0 Å². The van der Waals surface area contributed by atoms with Gasteiger partial charge in [-0.05, 0) is 18.2 Å². The molecule has 1 amide bonds. The Morgan fingerprint density at radius 2 is 1.80 bits per heavy atom. The maximum atomic E-state index is 12.7. The molecular formula is C24H25NO5. The van der Waals surface area contributed by atoms with Crippen molar-refractivity contribution in [3.8, 4) is 11.5 Å². The first-order chi connectivity index (χ1) is 14.5. The lowest BCUT2D eigenvalue weighted by molar-refractivity contribution is -0.134. The van der Waals surface area contributed by atoms with Gasteiger partial charge in [0.1, 0.15) is 17.1 Å². The minimum atomic E-state index is -0.560. The summed E-state index contributed by atoms with van der Waals surface area (Å²) >= 11 is 0. The van der Waals surface area contributed by atoms with Gasteiger partial charge in [-0.25, -0.2) is 0 Å². The third kappa shape index (κ3) is 4.08. The zero-order valence-corrected chi connectivity index (χ0v) is 17.1. The molecule has 2 aromatic rings. The number of benzene rings is 2. The predicted octanol–water partition coefficient (Wildman–Crippen LogP) is 3.68. The van der Waals surface area contributed by atoms with E-state index >= 15 is 0 Å². The van der Waals surface area contributed by atoms with Gasteiger partial charge < -0.3 is 14.4 Å². The zero-order valence-electron chi connectivity index (χ0n) is 17.1. The predicted molar refractivity (Wildman–Crippen MR) is 111 cm³/mol. The quantitative estimate of drug-likeness (QED) is 0.707. The molecule has 1 fully saturated rings. The van der Waals surface area contributed by atoms with Crippen molar-refractivity contribution in [2.75, 3.05) is 20.2 Å². The molecule has 6 heteroatoms. The summed E-state index contributed by atoms with van der Waals surface area (Å²) in [6.45, 7) is 1.05. The Morgan fingerprint density at radius 3 is 2.50 bits per heavy atom. The molecule has 4 rings (SSSR count). The third-order valence-electron chi connectivity index (χ3n) is 5.99. The third-order valence-corrected chi connectivity index (χ3v) is 5.99. The molecule has 2 heterocycles. The minimum Gasteiger partial charge on any atom is -0.497 e. The standard InChI is InChI=1S/C24H25NO5/c1-29-18-7-9-22-19(15-18)21(27)16-24(30-22)11-13-25(14-12-24)23(28)10-8-20(26)17-5-3-2-4-6-17/h2-7,9,15H,8,10-14,16H2,1H3. The van der Waals surface area contributed by atoms with Gasteiger partial charge >= 0.3 is 0 Å². The molecule has 2 aliphatic rings. The maximum Gasteiger partial charge on any atom is 0.223 e. The Kier molecular flexibility index (Phi) is 5.57. The van der Waals surface area contributed by atoms with Crippen molar-refractivity contribution in [2.24, 2.45) is 0 Å². The second-order valence-electron chi connectivity index (χ2n) is 7.92. The lowest BCUT2D eigenvalue weighted by Crippen LogP contribution is -2.52. The van der Waals surface area contributed by atoms with Crippen molar-refractivity contribution in [1.82, 2.24) is 4.90 Å². The molecule has 2 aromatic carbocycles. The van der Waals surface area contributed by atoms with Crippen LogP contribution in [0.4, 0.5) is 0 Å². The van der Waals surface area contributed by atoms with Crippen molar-refractivity contribution in [3.63, 3.8) is 0 Å². The van der Waals surface area contributed by atoms with Gasteiger partial charge in [-0.3, -0.25) is 14.4 Å². The van der Waals surface area contributed by atoms with E-state index in [0.717, 1.165) is 0 Å². The molecule has 1 spiro atoms. The number of likely N-dealkylation sites (tertiary alicyclic amines) is 1. The highest BCUT2D eigenvalue weighted by molar-refractivity contribution is 6.01. The number of hydrogen-bond acceptors (Lipinski definition) is 5. The van der Waals surface area contributed by atoms with Crippen LogP contribution in [-0.2, 0) is 4.79 Å². The fourth-order valence-electron chi connectivity index (χ4n) is 4.19. The smallest absolute Gasteiger partial charge is 0.223 e. The number of methoxy groups -OCH3 is 1. The molecule has 30 heavy (non-hydrogen) atoms. The van der Waals surface area contributed by atoms with Crippen LogP contribution in [0, 0.1) is 0 Å². The van der Waals surface area contributed by atoms with E-state index in [1.807, 2.05) is 18.2 Å². The SMILES string of the molecule is COc1ccc2c(c1)C(=O)CC1(CCN(C(=O)CCC(=O)c3ccccc3)CC1)O2. The number of nitrogens with zero attached hydrogens (tertiary/aromatic N) is 1. The summed E-state index contributed by atoms with van der Waals surface area (Å²) in [4.78, 5) is 39.3. The molecule has 0 aromatic heterocycles. The molecule has 156 valence electrons. The highest BCUT2D eigenvalue weighted by atomic mass is 16.5. The fourth-order valence-corrected chi connectivity index (χ4v) is 4.19. The highest BCUT2D eigenvalue weighted by Gasteiger charge is 2.43. The van der Waals surface area contributed by atoms with Crippen LogP contribution >= 0.6 is 0 Å². The van der Waals surface area contributed by atoms with Gasteiger partial charge in [0.2, 0.25) is 5.91 Å². The summed E-state index contributed by atoms with van der Waals surface area (Å²) in [5.74, 6) is 1.21. The molecule has 6 nitrogen and oxygen atoms in total. The van der Waals surface area contributed by atoms with Crippen LogP contribution in [0.25, 0.3) is 0 Å². The largest absolute Gasteiger partial charge is 0.497 e. The molecular weight excluding hydrogens is 382 g/mol. The Morgan fingerprint density at radius 1 is 1.07 bits per heavy atom. The molecule has 1 saturated heterocycles. The molecule has 0 aliphatic carbocycles. The van der Waals surface area contributed by atoms with E-state index in [9.17, 15) is 14.4 Å². The van der Waals surface area contributed by atoms with E-state index in [4.69, 9.17) is 9.47 Å². The first kappa shape index (κ1) is 20.1. The van der Waals surface area contributed by atoms with E-state index < -0.39 is 5.60 Å². The number of Topliss-reactive ketones (excluding diaryl/α,β-unsaturated/α-hetero) is 2. The van der Waals surface area contributed by atoms with Gasteiger partial charge in [-0.1, -0.05) is 30.3 Å². The molecule has 0 unspecified atom stereocenters. The second-order valence-corrected chi connectivity index (χ2v) is 7.92. The number of ether oxygens (including phenoxy) is 2. The van der Waals surface area contributed by atoms with Crippen molar-refractivity contribution in [2.45, 2.75) is 37.7 Å². The van der Waals surface area contributed by atoms with Crippen molar-refractivity contribution >= 4 is 17.5 Å². The molecule has 0 saturated carbocycles. The number of piperidine rings is 1. The van der Waals surface area contributed by atoms with Crippen LogP contribution in [-0.4, -0.2) is 48.2 Å². The molecule has 0 atom stereocenters. The topological polar surface area (TPSA) is 72.9 Å². The molecule has 0 N–H and O–H groups in total. The Balaban J connectivity index is 1.34. The lowest BCUT2D eigenvalue weighted by Gasteiger charge is -2.44. The minimum absolute atomic E-state index is 0.0225. The number of ketones is 2. The van der Waals surface area contributed by atoms with Crippen LogP contribution in [0.5, 0.6) is 11.5 Å². The first-order valence-electron chi connectivity index (χ1n) is 10.3. The summed E-state index contributed by atoms with van der Waals surface area (Å²) in [5.41, 5.74) is 0.625. The Bertz CT molecular complexity index is 961. The average Bonchev–Trinajstić information content (AvgIpc) is 2.78. The van der Waals surface area contributed by atoms with E-state index in [2.05, 4.69) is 0 Å². The van der Waals surface area contributed by atoms with Gasteiger partial charge in [0.05, 0.1) is 19.1 Å².